The van der Waals surface area contributed by atoms with Crippen LogP contribution in [-0.4, -0.2) is 33.2 Å². The summed E-state index contributed by atoms with van der Waals surface area (Å²) in [6.07, 6.45) is 2.16. The molecule has 0 bridgehead atoms. The fourth-order valence-electron chi connectivity index (χ4n) is 3.54. The van der Waals surface area contributed by atoms with Gasteiger partial charge in [-0.15, -0.1) is 0 Å². The summed E-state index contributed by atoms with van der Waals surface area (Å²) in [7, 11) is 3.32. The lowest BCUT2D eigenvalue weighted by molar-refractivity contribution is -0.910. The molecule has 2 aromatic carbocycles. The van der Waals surface area contributed by atoms with Crippen LogP contribution in [0.25, 0.3) is 0 Å². The van der Waals surface area contributed by atoms with Crippen molar-refractivity contribution < 1.29 is 19.2 Å². The first-order valence-corrected chi connectivity index (χ1v) is 8.62. The Hall–Kier alpha value is -2.53. The molecule has 2 N–H and O–H groups in total. The zero-order valence-corrected chi connectivity index (χ0v) is 14.7. The van der Waals surface area contributed by atoms with Gasteiger partial charge in [0.2, 0.25) is 0 Å². The molecule has 0 radical (unpaired) electrons. The number of hydrogen-bond acceptors (Lipinski definition) is 3. The van der Waals surface area contributed by atoms with E-state index in [4.69, 9.17) is 9.47 Å². The molecular weight excluding hydrogens is 316 g/mol. The highest BCUT2D eigenvalue weighted by Gasteiger charge is 2.33. The van der Waals surface area contributed by atoms with Crippen molar-refractivity contribution in [3.63, 3.8) is 0 Å². The van der Waals surface area contributed by atoms with E-state index in [1.165, 1.54) is 4.90 Å². The van der Waals surface area contributed by atoms with Gasteiger partial charge in [-0.2, -0.15) is 0 Å². The van der Waals surface area contributed by atoms with Crippen molar-refractivity contribution in [3.8, 4) is 11.5 Å². The number of amides is 1. The summed E-state index contributed by atoms with van der Waals surface area (Å²) in [5.74, 6) is 1.65. The third kappa shape index (κ3) is 4.12. The molecule has 0 aromatic heterocycles. The molecule has 0 aliphatic carbocycles. The molecule has 1 heterocycles. The second kappa shape index (κ2) is 8.03. The SMILES string of the molecule is COc1ccc([C@@H]2CCC[NH+]2CC(=O)Nc2ccccc2)c(OC)c1. The van der Waals surface area contributed by atoms with E-state index in [1.54, 1.807) is 14.2 Å². The molecule has 1 amide bonds. The molecule has 2 atom stereocenters. The van der Waals surface area contributed by atoms with Gasteiger partial charge in [0.15, 0.2) is 6.54 Å². The van der Waals surface area contributed by atoms with Crippen molar-refractivity contribution in [1.82, 2.24) is 0 Å². The molecule has 1 aliphatic rings. The Morgan fingerprint density at radius 1 is 1.16 bits per heavy atom. The summed E-state index contributed by atoms with van der Waals surface area (Å²) in [6, 6.07) is 15.8. The number of benzene rings is 2. The van der Waals surface area contributed by atoms with Gasteiger partial charge in [0.25, 0.3) is 5.91 Å². The number of para-hydroxylation sites is 1. The number of carbonyl (C=O) groups excluding carboxylic acids is 1. The average molecular weight is 341 g/mol. The van der Waals surface area contributed by atoms with Crippen molar-refractivity contribution in [2.24, 2.45) is 0 Å². The van der Waals surface area contributed by atoms with Crippen LogP contribution < -0.4 is 19.7 Å². The monoisotopic (exact) mass is 341 g/mol. The summed E-state index contributed by atoms with van der Waals surface area (Å²) in [4.78, 5) is 13.7. The van der Waals surface area contributed by atoms with Crippen LogP contribution in [0.3, 0.4) is 0 Å². The number of ether oxygens (including phenoxy) is 2. The summed E-state index contributed by atoms with van der Waals surface area (Å²) >= 11 is 0. The minimum absolute atomic E-state index is 0.0422. The van der Waals surface area contributed by atoms with Gasteiger partial charge in [-0.1, -0.05) is 18.2 Å². The predicted octanol–water partition coefficient (Wildman–Crippen LogP) is 2.06. The number of rotatable bonds is 6. The van der Waals surface area contributed by atoms with E-state index in [1.807, 2.05) is 42.5 Å². The average Bonchev–Trinajstić information content (AvgIpc) is 3.09. The Bertz CT molecular complexity index is 718. The first-order valence-electron chi connectivity index (χ1n) is 8.62. The standard InChI is InChI=1S/C20H24N2O3/c1-24-16-10-11-17(19(13-16)25-2)18-9-6-12-22(18)14-20(23)21-15-7-4-3-5-8-15/h3-5,7-8,10-11,13,18H,6,9,12,14H2,1-2H3,(H,21,23)/p+1/t18-/m0/s1. The molecule has 1 fully saturated rings. The minimum Gasteiger partial charge on any atom is -0.497 e. The van der Waals surface area contributed by atoms with Gasteiger partial charge in [0.1, 0.15) is 17.5 Å². The van der Waals surface area contributed by atoms with Crippen LogP contribution in [0.1, 0.15) is 24.4 Å². The summed E-state index contributed by atoms with van der Waals surface area (Å²) < 4.78 is 10.8. The van der Waals surface area contributed by atoms with Gasteiger partial charge in [-0.25, -0.2) is 0 Å². The first kappa shape index (κ1) is 17.3. The lowest BCUT2D eigenvalue weighted by Gasteiger charge is -2.23. The number of hydrogen-bond donors (Lipinski definition) is 2. The molecule has 1 unspecified atom stereocenters. The van der Waals surface area contributed by atoms with Crippen LogP contribution in [0.2, 0.25) is 0 Å². The molecule has 1 saturated heterocycles. The highest BCUT2D eigenvalue weighted by Crippen LogP contribution is 2.31. The van der Waals surface area contributed by atoms with Crippen LogP contribution in [0.4, 0.5) is 5.69 Å². The van der Waals surface area contributed by atoms with Gasteiger partial charge >= 0.3 is 0 Å². The largest absolute Gasteiger partial charge is 0.497 e. The van der Waals surface area contributed by atoms with Crippen molar-refractivity contribution in [2.75, 3.05) is 32.6 Å². The zero-order chi connectivity index (χ0) is 17.6. The van der Waals surface area contributed by atoms with E-state index >= 15 is 0 Å². The fourth-order valence-corrected chi connectivity index (χ4v) is 3.54. The Morgan fingerprint density at radius 2 is 1.96 bits per heavy atom. The molecule has 5 nitrogen and oxygen atoms in total. The smallest absolute Gasteiger partial charge is 0.279 e. The van der Waals surface area contributed by atoms with Crippen molar-refractivity contribution in [3.05, 3.63) is 54.1 Å². The van der Waals surface area contributed by atoms with E-state index in [-0.39, 0.29) is 11.9 Å². The number of likely N-dealkylation sites (tertiary alicyclic amines) is 1. The predicted molar refractivity (Wildman–Crippen MR) is 97.3 cm³/mol. The van der Waals surface area contributed by atoms with Gasteiger partial charge in [-0.3, -0.25) is 4.79 Å². The fraction of sp³-hybridized carbons (Fsp3) is 0.350. The maximum absolute atomic E-state index is 12.4. The summed E-state index contributed by atoms with van der Waals surface area (Å²) in [5, 5.41) is 2.98. The van der Waals surface area contributed by atoms with E-state index in [0.29, 0.717) is 6.54 Å². The number of anilines is 1. The number of quaternary nitrogens is 1. The molecule has 5 heteroatoms. The topological polar surface area (TPSA) is 52.0 Å². The van der Waals surface area contributed by atoms with Gasteiger partial charge < -0.3 is 19.7 Å². The van der Waals surface area contributed by atoms with E-state index in [0.717, 1.165) is 42.1 Å². The summed E-state index contributed by atoms with van der Waals surface area (Å²) in [6.45, 7) is 1.44. The number of carbonyl (C=O) groups is 1. The van der Waals surface area contributed by atoms with Crippen LogP contribution in [0, 0.1) is 0 Å². The van der Waals surface area contributed by atoms with Crippen LogP contribution in [0.5, 0.6) is 11.5 Å². The molecule has 25 heavy (non-hydrogen) atoms. The van der Waals surface area contributed by atoms with E-state index in [2.05, 4.69) is 11.4 Å². The third-order valence-electron chi connectivity index (χ3n) is 4.74. The maximum atomic E-state index is 12.4. The number of methoxy groups -OCH3 is 2. The third-order valence-corrected chi connectivity index (χ3v) is 4.74. The Morgan fingerprint density at radius 3 is 2.68 bits per heavy atom. The van der Waals surface area contributed by atoms with Gasteiger partial charge in [-0.05, 0) is 24.3 Å². The highest BCUT2D eigenvalue weighted by molar-refractivity contribution is 5.91. The Labute approximate surface area is 148 Å². The normalized spacial score (nSPS) is 19.4. The molecule has 132 valence electrons. The van der Waals surface area contributed by atoms with Crippen molar-refractivity contribution >= 4 is 11.6 Å². The maximum Gasteiger partial charge on any atom is 0.279 e. The lowest BCUT2D eigenvalue weighted by atomic mass is 10.0. The van der Waals surface area contributed by atoms with Crippen molar-refractivity contribution in [2.45, 2.75) is 18.9 Å². The molecule has 0 saturated carbocycles. The van der Waals surface area contributed by atoms with Crippen LogP contribution >= 0.6 is 0 Å². The number of nitrogens with one attached hydrogen (secondary N) is 2. The quantitative estimate of drug-likeness (QED) is 0.846. The van der Waals surface area contributed by atoms with Crippen molar-refractivity contribution in [1.29, 1.82) is 0 Å². The Balaban J connectivity index is 1.71. The van der Waals surface area contributed by atoms with Gasteiger partial charge in [0, 0.05) is 24.6 Å². The summed E-state index contributed by atoms with van der Waals surface area (Å²) in [5.41, 5.74) is 1.98. The molecular formula is C20H25N2O3+. The second-order valence-electron chi connectivity index (χ2n) is 6.30. The second-order valence-corrected chi connectivity index (χ2v) is 6.30. The Kier molecular flexibility index (Phi) is 5.56. The van der Waals surface area contributed by atoms with Gasteiger partial charge in [0.05, 0.1) is 26.3 Å². The molecule has 1 aliphatic heterocycles. The van der Waals surface area contributed by atoms with E-state index < -0.39 is 0 Å². The highest BCUT2D eigenvalue weighted by atomic mass is 16.5. The molecule has 2 aromatic rings. The first-order chi connectivity index (χ1) is 12.2. The van der Waals surface area contributed by atoms with Crippen LogP contribution in [-0.2, 0) is 4.79 Å². The molecule has 0 spiro atoms. The minimum atomic E-state index is 0.0422. The van der Waals surface area contributed by atoms with Crippen LogP contribution in [0.15, 0.2) is 48.5 Å². The lowest BCUT2D eigenvalue weighted by Crippen LogP contribution is -3.11. The van der Waals surface area contributed by atoms with E-state index in [9.17, 15) is 4.79 Å². The molecule has 3 rings (SSSR count). The zero-order valence-electron chi connectivity index (χ0n) is 14.7.